The van der Waals surface area contributed by atoms with Gasteiger partial charge in [-0.3, -0.25) is 0 Å². The van der Waals surface area contributed by atoms with Crippen LogP contribution in [-0.2, 0) is 0 Å². The van der Waals surface area contributed by atoms with E-state index in [9.17, 15) is 4.39 Å². The van der Waals surface area contributed by atoms with Crippen molar-refractivity contribution in [1.82, 2.24) is 0 Å². The van der Waals surface area contributed by atoms with E-state index in [4.69, 9.17) is 10.5 Å². The predicted octanol–water partition coefficient (Wildman–Crippen LogP) is 2.62. The monoisotopic (exact) mass is 226 g/mol. The maximum Gasteiger partial charge on any atom is 0.181 e. The lowest BCUT2D eigenvalue weighted by molar-refractivity contribution is 0.627. The zero-order valence-corrected chi connectivity index (χ0v) is 7.55. The quantitative estimate of drug-likeness (QED) is 0.683. The van der Waals surface area contributed by atoms with Crippen LogP contribution in [0.15, 0.2) is 28.7 Å². The Balaban J connectivity index is 0.000000261. The van der Waals surface area contributed by atoms with Gasteiger partial charge in [0.2, 0.25) is 0 Å². The molecule has 0 aromatic heterocycles. The molecule has 0 aliphatic rings. The molecule has 0 unspecified atom stereocenters. The van der Waals surface area contributed by atoms with Crippen LogP contribution in [0, 0.1) is 28.5 Å². The summed E-state index contributed by atoms with van der Waals surface area (Å²) < 4.78 is 12.9. The van der Waals surface area contributed by atoms with E-state index in [0.717, 1.165) is 4.47 Å². The summed E-state index contributed by atoms with van der Waals surface area (Å²) in [4.78, 5) is 0. The number of rotatable bonds is 0. The van der Waals surface area contributed by atoms with E-state index in [-0.39, 0.29) is 5.82 Å². The predicted molar refractivity (Wildman–Crippen MR) is 45.3 cm³/mol. The van der Waals surface area contributed by atoms with Gasteiger partial charge in [-0.15, -0.1) is 0 Å². The Morgan fingerprint density at radius 2 is 1.83 bits per heavy atom. The molecule has 0 N–H and O–H groups in total. The Kier molecular flexibility index (Phi) is 5.60. The standard InChI is InChI=1S/C6H4BrF.C2N2/c7-5-2-1-3-6(8)4-5;3-1-2-4/h1-4H;. The Bertz CT molecular complexity index is 295. The minimum Gasteiger partial charge on any atom is -0.207 e. The van der Waals surface area contributed by atoms with Crippen molar-refractivity contribution < 1.29 is 4.39 Å². The van der Waals surface area contributed by atoms with Crippen LogP contribution in [0.25, 0.3) is 0 Å². The molecule has 0 radical (unpaired) electrons. The third kappa shape index (κ3) is 5.40. The van der Waals surface area contributed by atoms with E-state index in [1.165, 1.54) is 24.3 Å². The molecule has 1 aromatic rings. The molecule has 0 aliphatic carbocycles. The van der Waals surface area contributed by atoms with E-state index in [1.54, 1.807) is 12.1 Å². The van der Waals surface area contributed by atoms with Crippen molar-refractivity contribution >= 4 is 15.9 Å². The highest BCUT2D eigenvalue weighted by atomic mass is 79.9. The molecule has 0 heterocycles. The van der Waals surface area contributed by atoms with Crippen molar-refractivity contribution in [2.24, 2.45) is 0 Å². The normalized spacial score (nSPS) is 7.00. The third-order valence-electron chi connectivity index (χ3n) is 0.837. The fourth-order valence-corrected chi connectivity index (χ4v) is 0.831. The van der Waals surface area contributed by atoms with Gasteiger partial charge in [0.15, 0.2) is 12.1 Å². The van der Waals surface area contributed by atoms with E-state index < -0.39 is 0 Å². The van der Waals surface area contributed by atoms with Crippen LogP contribution in [-0.4, -0.2) is 0 Å². The molecule has 0 bridgehead atoms. The molecule has 4 heteroatoms. The molecule has 1 aromatic carbocycles. The van der Waals surface area contributed by atoms with E-state index in [0.29, 0.717) is 0 Å². The molecule has 0 atom stereocenters. The van der Waals surface area contributed by atoms with Crippen molar-refractivity contribution in [3.05, 3.63) is 34.6 Å². The smallest absolute Gasteiger partial charge is 0.181 e. The Morgan fingerprint density at radius 1 is 1.25 bits per heavy atom. The largest absolute Gasteiger partial charge is 0.207 e. The minimum atomic E-state index is -0.209. The average molecular weight is 227 g/mol. The first-order chi connectivity index (χ1) is 5.70. The molecule has 12 heavy (non-hydrogen) atoms. The Morgan fingerprint density at radius 3 is 2.08 bits per heavy atom. The van der Waals surface area contributed by atoms with Gasteiger partial charge in [-0.2, -0.15) is 10.5 Å². The Hall–Kier alpha value is -1.39. The van der Waals surface area contributed by atoms with Gasteiger partial charge in [-0.25, -0.2) is 4.39 Å². The van der Waals surface area contributed by atoms with E-state index >= 15 is 0 Å². The number of nitriles is 2. The van der Waals surface area contributed by atoms with Crippen LogP contribution < -0.4 is 0 Å². The molecule has 0 saturated carbocycles. The summed E-state index contributed by atoms with van der Waals surface area (Å²) in [6.07, 6.45) is 0. The van der Waals surface area contributed by atoms with Crippen molar-refractivity contribution in [3.8, 4) is 12.1 Å². The van der Waals surface area contributed by atoms with Crippen molar-refractivity contribution in [3.63, 3.8) is 0 Å². The number of halogens is 2. The SMILES string of the molecule is Fc1cccc(Br)c1.N#CC#N. The van der Waals surface area contributed by atoms with Gasteiger partial charge < -0.3 is 0 Å². The molecule has 2 nitrogen and oxygen atoms in total. The van der Waals surface area contributed by atoms with E-state index in [1.807, 2.05) is 0 Å². The molecule has 0 amide bonds. The highest BCUT2D eigenvalue weighted by Crippen LogP contribution is 2.09. The second-order valence-electron chi connectivity index (χ2n) is 1.66. The number of hydrogen-bond acceptors (Lipinski definition) is 2. The lowest BCUT2D eigenvalue weighted by atomic mass is 10.4. The fourth-order valence-electron chi connectivity index (χ4n) is 0.460. The van der Waals surface area contributed by atoms with Crippen LogP contribution >= 0.6 is 15.9 Å². The van der Waals surface area contributed by atoms with Gasteiger partial charge in [0.05, 0.1) is 0 Å². The molecule has 60 valence electrons. The summed E-state index contributed by atoms with van der Waals surface area (Å²) in [5.74, 6) is -0.209. The summed E-state index contributed by atoms with van der Waals surface area (Å²) >= 11 is 3.12. The van der Waals surface area contributed by atoms with Crippen molar-refractivity contribution in [1.29, 1.82) is 10.5 Å². The fraction of sp³-hybridized carbons (Fsp3) is 0. The van der Waals surface area contributed by atoms with Crippen LogP contribution in [0.1, 0.15) is 0 Å². The second-order valence-corrected chi connectivity index (χ2v) is 2.58. The van der Waals surface area contributed by atoms with Gasteiger partial charge in [0, 0.05) is 4.47 Å². The molecule has 0 spiro atoms. The highest BCUT2D eigenvalue weighted by Gasteiger charge is 1.86. The van der Waals surface area contributed by atoms with Gasteiger partial charge >= 0.3 is 0 Å². The van der Waals surface area contributed by atoms with Gasteiger partial charge in [-0.1, -0.05) is 22.0 Å². The maximum atomic E-state index is 12.1. The number of nitrogens with zero attached hydrogens (tertiary/aromatic N) is 2. The van der Waals surface area contributed by atoms with E-state index in [2.05, 4.69) is 15.9 Å². The molecular weight excluding hydrogens is 223 g/mol. The summed E-state index contributed by atoms with van der Waals surface area (Å²) in [5, 5.41) is 14.5. The zero-order valence-electron chi connectivity index (χ0n) is 5.96. The number of benzene rings is 1. The lowest BCUT2D eigenvalue weighted by Crippen LogP contribution is -1.68. The molecule has 0 saturated heterocycles. The summed E-state index contributed by atoms with van der Waals surface area (Å²) in [6.45, 7) is 0. The van der Waals surface area contributed by atoms with Crippen molar-refractivity contribution in [2.45, 2.75) is 0 Å². The first-order valence-electron chi connectivity index (χ1n) is 2.90. The molecule has 0 fully saturated rings. The maximum absolute atomic E-state index is 12.1. The van der Waals surface area contributed by atoms with Crippen LogP contribution in [0.4, 0.5) is 4.39 Å². The first-order valence-corrected chi connectivity index (χ1v) is 3.69. The lowest BCUT2D eigenvalue weighted by Gasteiger charge is -1.85. The van der Waals surface area contributed by atoms with Crippen LogP contribution in [0.3, 0.4) is 0 Å². The molecule has 1 rings (SSSR count). The minimum absolute atomic E-state index is 0.209. The second kappa shape index (κ2) is 6.33. The molecular formula is C8H4BrFN2. The number of hydrogen-bond donors (Lipinski definition) is 0. The Labute approximate surface area is 78.0 Å². The summed E-state index contributed by atoms with van der Waals surface area (Å²) in [7, 11) is 0. The van der Waals surface area contributed by atoms with Gasteiger partial charge in [0.25, 0.3) is 0 Å². The topological polar surface area (TPSA) is 47.6 Å². The first kappa shape index (κ1) is 10.6. The molecule has 0 aliphatic heterocycles. The van der Waals surface area contributed by atoms with Crippen LogP contribution in [0.5, 0.6) is 0 Å². The highest BCUT2D eigenvalue weighted by molar-refractivity contribution is 9.10. The van der Waals surface area contributed by atoms with Gasteiger partial charge in [-0.05, 0) is 18.2 Å². The third-order valence-corrected chi connectivity index (χ3v) is 1.33. The average Bonchev–Trinajstić information content (AvgIpc) is 2.04. The van der Waals surface area contributed by atoms with Crippen LogP contribution in [0.2, 0.25) is 0 Å². The van der Waals surface area contributed by atoms with Crippen molar-refractivity contribution in [2.75, 3.05) is 0 Å². The summed E-state index contributed by atoms with van der Waals surface area (Å²) in [6, 6.07) is 8.73. The zero-order chi connectivity index (χ0) is 9.40. The summed E-state index contributed by atoms with van der Waals surface area (Å²) in [5.41, 5.74) is 0. The van der Waals surface area contributed by atoms with Gasteiger partial charge in [0.1, 0.15) is 5.82 Å².